The number of H-pyrrole nitrogens is 1. The Kier molecular flexibility index (Phi) is 3.90. The minimum Gasteiger partial charge on any atom is -0.493 e. The molecule has 0 unspecified atom stereocenters. The Morgan fingerprint density at radius 1 is 1.25 bits per heavy atom. The molecule has 0 atom stereocenters. The van der Waals surface area contributed by atoms with E-state index < -0.39 is 5.54 Å². The van der Waals surface area contributed by atoms with Crippen molar-refractivity contribution in [1.29, 1.82) is 0 Å². The third kappa shape index (κ3) is 2.44. The fourth-order valence-electron chi connectivity index (χ4n) is 2.15. The van der Waals surface area contributed by atoms with Crippen LogP contribution in [0.4, 0.5) is 0 Å². The summed E-state index contributed by atoms with van der Waals surface area (Å²) in [5.74, 6) is 0.0383. The van der Waals surface area contributed by atoms with Crippen molar-refractivity contribution >= 4 is 0 Å². The lowest BCUT2D eigenvalue weighted by molar-refractivity contribution is 0.372. The molecular weight excluding hydrogens is 254 g/mol. The highest BCUT2D eigenvalue weighted by Gasteiger charge is 2.27. The van der Waals surface area contributed by atoms with E-state index in [0.717, 1.165) is 0 Å². The standard InChI is InChI=1S/C15H19N3O2/c1-3-15(16,4-2)14-17-12(19)11(13(20)18-14)10-8-6-5-7-9-10/h5-9H,3-4,16H2,1-2H3,(H2,17,18,19,20). The van der Waals surface area contributed by atoms with Crippen LogP contribution in [0.3, 0.4) is 0 Å². The maximum absolute atomic E-state index is 12.2. The fourth-order valence-corrected chi connectivity index (χ4v) is 2.15. The molecule has 0 aliphatic rings. The van der Waals surface area contributed by atoms with E-state index in [2.05, 4.69) is 9.97 Å². The van der Waals surface area contributed by atoms with Crippen molar-refractivity contribution in [3.8, 4) is 17.0 Å². The van der Waals surface area contributed by atoms with Crippen LogP contribution in [0, 0.1) is 0 Å². The molecule has 2 rings (SSSR count). The molecule has 0 saturated heterocycles. The second-order valence-electron chi connectivity index (χ2n) is 4.84. The summed E-state index contributed by atoms with van der Waals surface area (Å²) >= 11 is 0. The molecule has 1 aromatic heterocycles. The number of rotatable bonds is 4. The van der Waals surface area contributed by atoms with Crippen LogP contribution >= 0.6 is 0 Å². The zero-order valence-electron chi connectivity index (χ0n) is 11.7. The lowest BCUT2D eigenvalue weighted by atomic mass is 9.93. The quantitative estimate of drug-likeness (QED) is 0.795. The van der Waals surface area contributed by atoms with E-state index in [-0.39, 0.29) is 17.0 Å². The predicted octanol–water partition coefficient (Wildman–Crippen LogP) is 2.12. The molecule has 0 aliphatic heterocycles. The molecule has 0 fully saturated rings. The van der Waals surface area contributed by atoms with Crippen molar-refractivity contribution in [3.63, 3.8) is 0 Å². The van der Waals surface area contributed by atoms with Crippen molar-refractivity contribution in [2.24, 2.45) is 5.73 Å². The molecule has 0 radical (unpaired) electrons. The molecule has 0 saturated carbocycles. The summed E-state index contributed by atoms with van der Waals surface area (Å²) in [7, 11) is 0. The average Bonchev–Trinajstić information content (AvgIpc) is 2.46. The molecule has 2 aromatic rings. The number of aromatic amines is 1. The molecule has 0 aliphatic carbocycles. The van der Waals surface area contributed by atoms with E-state index in [0.29, 0.717) is 24.2 Å². The van der Waals surface area contributed by atoms with Crippen LogP contribution in [-0.4, -0.2) is 15.1 Å². The van der Waals surface area contributed by atoms with Gasteiger partial charge in [0, 0.05) is 0 Å². The highest BCUT2D eigenvalue weighted by Crippen LogP contribution is 2.27. The van der Waals surface area contributed by atoms with E-state index in [1.807, 2.05) is 19.9 Å². The first-order valence-corrected chi connectivity index (χ1v) is 6.70. The molecular formula is C15H19N3O2. The van der Waals surface area contributed by atoms with Crippen molar-refractivity contribution in [1.82, 2.24) is 9.97 Å². The summed E-state index contributed by atoms with van der Waals surface area (Å²) in [6.45, 7) is 3.84. The highest BCUT2D eigenvalue weighted by molar-refractivity contribution is 5.67. The number of nitrogens with two attached hydrogens (primary N) is 1. The summed E-state index contributed by atoms with van der Waals surface area (Å²) in [5, 5.41) is 10.1. The van der Waals surface area contributed by atoms with Crippen LogP contribution in [0.5, 0.6) is 5.88 Å². The first-order chi connectivity index (χ1) is 9.51. The molecule has 1 heterocycles. The molecule has 1 aromatic carbocycles. The minimum absolute atomic E-state index is 0.170. The summed E-state index contributed by atoms with van der Waals surface area (Å²) in [4.78, 5) is 19.0. The zero-order chi connectivity index (χ0) is 14.8. The summed E-state index contributed by atoms with van der Waals surface area (Å²) in [6, 6.07) is 8.94. The number of aromatic hydroxyl groups is 1. The Balaban J connectivity index is 2.59. The second-order valence-corrected chi connectivity index (χ2v) is 4.84. The third-order valence-corrected chi connectivity index (χ3v) is 3.70. The zero-order valence-corrected chi connectivity index (χ0v) is 11.7. The van der Waals surface area contributed by atoms with Crippen LogP contribution in [0.1, 0.15) is 32.5 Å². The van der Waals surface area contributed by atoms with Gasteiger partial charge in [-0.1, -0.05) is 44.2 Å². The van der Waals surface area contributed by atoms with Crippen LogP contribution in [0.25, 0.3) is 11.1 Å². The van der Waals surface area contributed by atoms with Gasteiger partial charge in [-0.25, -0.2) is 0 Å². The number of benzene rings is 1. The Bertz CT molecular complexity index is 646. The van der Waals surface area contributed by atoms with E-state index in [1.54, 1.807) is 24.3 Å². The van der Waals surface area contributed by atoms with E-state index in [4.69, 9.17) is 5.73 Å². The topological polar surface area (TPSA) is 92.0 Å². The SMILES string of the molecule is CCC(N)(CC)c1nc(O)c(-c2ccccc2)c(=O)[nH]1. The second kappa shape index (κ2) is 5.46. The molecule has 5 heteroatoms. The summed E-state index contributed by atoms with van der Waals surface area (Å²) in [6.07, 6.45) is 1.24. The van der Waals surface area contributed by atoms with Crippen LogP contribution < -0.4 is 11.3 Å². The minimum atomic E-state index is -0.730. The summed E-state index contributed by atoms with van der Waals surface area (Å²) < 4.78 is 0. The highest BCUT2D eigenvalue weighted by atomic mass is 16.3. The predicted molar refractivity (Wildman–Crippen MR) is 78.4 cm³/mol. The summed E-state index contributed by atoms with van der Waals surface area (Å²) in [5.41, 5.74) is 5.89. The van der Waals surface area contributed by atoms with Gasteiger partial charge in [0.05, 0.1) is 5.54 Å². The van der Waals surface area contributed by atoms with Crippen LogP contribution in [0.15, 0.2) is 35.1 Å². The Morgan fingerprint density at radius 3 is 2.35 bits per heavy atom. The van der Waals surface area contributed by atoms with Crippen molar-refractivity contribution < 1.29 is 5.11 Å². The van der Waals surface area contributed by atoms with Gasteiger partial charge in [-0.2, -0.15) is 4.98 Å². The van der Waals surface area contributed by atoms with Gasteiger partial charge in [0.1, 0.15) is 11.4 Å². The maximum Gasteiger partial charge on any atom is 0.262 e. The van der Waals surface area contributed by atoms with E-state index in [1.165, 1.54) is 0 Å². The molecule has 0 amide bonds. The monoisotopic (exact) mass is 273 g/mol. The number of hydrogen-bond donors (Lipinski definition) is 3. The van der Waals surface area contributed by atoms with Gasteiger partial charge in [-0.05, 0) is 18.4 Å². The van der Waals surface area contributed by atoms with Crippen molar-refractivity contribution in [3.05, 3.63) is 46.5 Å². The number of nitrogens with zero attached hydrogens (tertiary/aromatic N) is 1. The van der Waals surface area contributed by atoms with Gasteiger partial charge in [0.25, 0.3) is 5.56 Å². The Morgan fingerprint density at radius 2 is 1.85 bits per heavy atom. The Labute approximate surface area is 117 Å². The molecule has 106 valence electrons. The van der Waals surface area contributed by atoms with Crippen LogP contribution in [-0.2, 0) is 5.54 Å². The molecule has 5 nitrogen and oxygen atoms in total. The average molecular weight is 273 g/mol. The number of aromatic nitrogens is 2. The lowest BCUT2D eigenvalue weighted by Gasteiger charge is -2.25. The maximum atomic E-state index is 12.2. The van der Waals surface area contributed by atoms with Crippen LogP contribution in [0.2, 0.25) is 0 Å². The van der Waals surface area contributed by atoms with Gasteiger partial charge in [0.15, 0.2) is 0 Å². The lowest BCUT2D eigenvalue weighted by Crippen LogP contribution is -2.38. The van der Waals surface area contributed by atoms with E-state index >= 15 is 0 Å². The molecule has 0 bridgehead atoms. The van der Waals surface area contributed by atoms with E-state index in [9.17, 15) is 9.90 Å². The Hall–Kier alpha value is -2.14. The molecule has 4 N–H and O–H groups in total. The third-order valence-electron chi connectivity index (χ3n) is 3.70. The van der Waals surface area contributed by atoms with Gasteiger partial charge in [0.2, 0.25) is 5.88 Å². The largest absolute Gasteiger partial charge is 0.493 e. The smallest absolute Gasteiger partial charge is 0.262 e. The van der Waals surface area contributed by atoms with Gasteiger partial charge in [-0.3, -0.25) is 4.79 Å². The van der Waals surface area contributed by atoms with Crippen molar-refractivity contribution in [2.45, 2.75) is 32.2 Å². The van der Waals surface area contributed by atoms with Gasteiger partial charge in [-0.15, -0.1) is 0 Å². The molecule has 0 spiro atoms. The molecule has 20 heavy (non-hydrogen) atoms. The number of nitrogens with one attached hydrogen (secondary N) is 1. The first-order valence-electron chi connectivity index (χ1n) is 6.70. The van der Waals surface area contributed by atoms with Crippen molar-refractivity contribution in [2.75, 3.05) is 0 Å². The first kappa shape index (κ1) is 14.3. The normalized spacial score (nSPS) is 11.6. The van der Waals surface area contributed by atoms with Gasteiger partial charge >= 0.3 is 0 Å². The fraction of sp³-hybridized carbons (Fsp3) is 0.333. The van der Waals surface area contributed by atoms with Gasteiger partial charge < -0.3 is 15.8 Å². The number of hydrogen-bond acceptors (Lipinski definition) is 4.